The summed E-state index contributed by atoms with van der Waals surface area (Å²) in [4.78, 5) is 2.44. The first-order valence-electron chi connectivity index (χ1n) is 7.06. The van der Waals surface area contributed by atoms with Gasteiger partial charge in [-0.3, -0.25) is 4.90 Å². The van der Waals surface area contributed by atoms with Crippen molar-refractivity contribution in [3.63, 3.8) is 0 Å². The van der Waals surface area contributed by atoms with Gasteiger partial charge in [-0.1, -0.05) is 32.1 Å². The van der Waals surface area contributed by atoms with Gasteiger partial charge in [-0.05, 0) is 18.8 Å². The number of piperazine rings is 1. The maximum atomic E-state index is 6.26. The molecule has 1 heterocycles. The molecule has 2 rings (SSSR count). The highest BCUT2D eigenvalue weighted by Crippen LogP contribution is 2.27. The highest BCUT2D eigenvalue weighted by molar-refractivity contribution is 4.74. The quantitative estimate of drug-likeness (QED) is 0.762. The Morgan fingerprint density at radius 3 is 2.50 bits per heavy atom. The van der Waals surface area contributed by atoms with E-state index in [4.69, 9.17) is 5.73 Å². The van der Waals surface area contributed by atoms with Gasteiger partial charge in [-0.25, -0.2) is 0 Å². The molecular formula is C13H27N3. The zero-order valence-electron chi connectivity index (χ0n) is 10.5. The number of rotatable bonds is 4. The third kappa shape index (κ3) is 3.72. The largest absolute Gasteiger partial charge is 0.316 e. The highest BCUT2D eigenvalue weighted by Gasteiger charge is 2.19. The Balaban J connectivity index is 1.63. The van der Waals surface area contributed by atoms with Crippen LogP contribution in [-0.2, 0) is 0 Å². The molecule has 0 radical (unpaired) electrons. The summed E-state index contributed by atoms with van der Waals surface area (Å²) in [5.41, 5.74) is 6.26. The van der Waals surface area contributed by atoms with E-state index in [-0.39, 0.29) is 0 Å². The second-order valence-corrected chi connectivity index (χ2v) is 5.43. The molecule has 94 valence electrons. The van der Waals surface area contributed by atoms with E-state index in [1.807, 2.05) is 0 Å². The van der Waals surface area contributed by atoms with Crippen molar-refractivity contribution in [3.8, 4) is 0 Å². The minimum absolute atomic E-state index is 0.309. The minimum Gasteiger partial charge on any atom is -0.316 e. The van der Waals surface area contributed by atoms with Crippen LogP contribution in [0.15, 0.2) is 0 Å². The normalized spacial score (nSPS) is 26.8. The Kier molecular flexibility index (Phi) is 5.07. The molecule has 2 fully saturated rings. The molecule has 0 aromatic rings. The molecule has 0 aromatic carbocycles. The summed E-state index contributed by atoms with van der Waals surface area (Å²) in [5, 5.41) is 3.38. The SMILES string of the molecule is NC(CCC1CCCCC1)N1CCNCC1. The van der Waals surface area contributed by atoms with E-state index < -0.39 is 0 Å². The average molecular weight is 225 g/mol. The first kappa shape index (κ1) is 12.3. The van der Waals surface area contributed by atoms with Crippen LogP contribution in [0.3, 0.4) is 0 Å². The van der Waals surface area contributed by atoms with Crippen molar-refractivity contribution >= 4 is 0 Å². The van der Waals surface area contributed by atoms with Gasteiger partial charge in [0.2, 0.25) is 0 Å². The molecule has 1 aliphatic carbocycles. The second-order valence-electron chi connectivity index (χ2n) is 5.43. The third-order valence-electron chi connectivity index (χ3n) is 4.22. The summed E-state index contributed by atoms with van der Waals surface area (Å²) in [6, 6.07) is 0. The molecule has 0 spiro atoms. The van der Waals surface area contributed by atoms with E-state index in [9.17, 15) is 0 Å². The predicted octanol–water partition coefficient (Wildman–Crippen LogP) is 1.54. The molecule has 1 aliphatic heterocycles. The molecule has 1 atom stereocenters. The molecule has 3 nitrogen and oxygen atoms in total. The molecule has 1 unspecified atom stereocenters. The molecule has 1 saturated heterocycles. The molecule has 3 N–H and O–H groups in total. The maximum absolute atomic E-state index is 6.26. The average Bonchev–Trinajstić information content (AvgIpc) is 2.38. The molecule has 0 aromatic heterocycles. The fourth-order valence-corrected chi connectivity index (χ4v) is 3.08. The van der Waals surface area contributed by atoms with Crippen molar-refractivity contribution in [2.75, 3.05) is 26.2 Å². The first-order chi connectivity index (χ1) is 7.86. The minimum atomic E-state index is 0.309. The van der Waals surface area contributed by atoms with Crippen molar-refractivity contribution in [2.24, 2.45) is 11.7 Å². The monoisotopic (exact) mass is 225 g/mol. The topological polar surface area (TPSA) is 41.3 Å². The zero-order valence-corrected chi connectivity index (χ0v) is 10.5. The molecular weight excluding hydrogens is 198 g/mol. The molecule has 0 amide bonds. The van der Waals surface area contributed by atoms with E-state index in [0.29, 0.717) is 6.17 Å². The van der Waals surface area contributed by atoms with Crippen LogP contribution in [0, 0.1) is 5.92 Å². The lowest BCUT2D eigenvalue weighted by Crippen LogP contribution is -2.51. The standard InChI is InChI=1S/C13H27N3/c14-13(16-10-8-15-9-11-16)7-6-12-4-2-1-3-5-12/h12-13,15H,1-11,14H2. The van der Waals surface area contributed by atoms with E-state index in [1.165, 1.54) is 44.9 Å². The molecule has 0 bridgehead atoms. The lowest BCUT2D eigenvalue weighted by molar-refractivity contribution is 0.157. The Morgan fingerprint density at radius 1 is 1.12 bits per heavy atom. The van der Waals surface area contributed by atoms with Crippen LogP contribution >= 0.6 is 0 Å². The Labute approximate surface area is 99.8 Å². The van der Waals surface area contributed by atoms with Gasteiger partial charge >= 0.3 is 0 Å². The van der Waals surface area contributed by atoms with Gasteiger partial charge in [0.15, 0.2) is 0 Å². The summed E-state index contributed by atoms with van der Waals surface area (Å²) in [6.07, 6.45) is 10.1. The van der Waals surface area contributed by atoms with Crippen molar-refractivity contribution in [3.05, 3.63) is 0 Å². The van der Waals surface area contributed by atoms with Gasteiger partial charge in [-0.2, -0.15) is 0 Å². The van der Waals surface area contributed by atoms with E-state index in [0.717, 1.165) is 32.1 Å². The van der Waals surface area contributed by atoms with Crippen LogP contribution in [0.1, 0.15) is 44.9 Å². The highest BCUT2D eigenvalue weighted by atomic mass is 15.3. The summed E-state index contributed by atoms with van der Waals surface area (Å²) < 4.78 is 0. The van der Waals surface area contributed by atoms with Gasteiger partial charge in [0.25, 0.3) is 0 Å². The van der Waals surface area contributed by atoms with Crippen molar-refractivity contribution in [1.82, 2.24) is 10.2 Å². The Bertz CT molecular complexity index is 184. The van der Waals surface area contributed by atoms with Crippen molar-refractivity contribution in [1.29, 1.82) is 0 Å². The van der Waals surface area contributed by atoms with E-state index >= 15 is 0 Å². The van der Waals surface area contributed by atoms with Crippen molar-refractivity contribution in [2.45, 2.75) is 51.1 Å². The Hall–Kier alpha value is -0.120. The van der Waals surface area contributed by atoms with Gasteiger partial charge in [-0.15, -0.1) is 0 Å². The summed E-state index contributed by atoms with van der Waals surface area (Å²) in [6.45, 7) is 4.48. The van der Waals surface area contributed by atoms with Crippen molar-refractivity contribution < 1.29 is 0 Å². The third-order valence-corrected chi connectivity index (χ3v) is 4.22. The lowest BCUT2D eigenvalue weighted by Gasteiger charge is -2.33. The second kappa shape index (κ2) is 6.58. The molecule has 1 saturated carbocycles. The fourth-order valence-electron chi connectivity index (χ4n) is 3.08. The predicted molar refractivity (Wildman–Crippen MR) is 68.2 cm³/mol. The van der Waals surface area contributed by atoms with Gasteiger partial charge in [0.05, 0.1) is 6.17 Å². The van der Waals surface area contributed by atoms with Gasteiger partial charge in [0.1, 0.15) is 0 Å². The number of nitrogens with two attached hydrogens (primary N) is 1. The van der Waals surface area contributed by atoms with Crippen LogP contribution in [-0.4, -0.2) is 37.2 Å². The number of nitrogens with zero attached hydrogens (tertiary/aromatic N) is 1. The van der Waals surface area contributed by atoms with Crippen LogP contribution in [0.2, 0.25) is 0 Å². The lowest BCUT2D eigenvalue weighted by atomic mass is 9.86. The van der Waals surface area contributed by atoms with Gasteiger partial charge < -0.3 is 11.1 Å². The number of hydrogen-bond donors (Lipinski definition) is 2. The molecule has 3 heteroatoms. The van der Waals surface area contributed by atoms with Gasteiger partial charge in [0, 0.05) is 26.2 Å². The van der Waals surface area contributed by atoms with Crippen LogP contribution in [0.5, 0.6) is 0 Å². The molecule has 16 heavy (non-hydrogen) atoms. The van der Waals surface area contributed by atoms with Crippen LogP contribution < -0.4 is 11.1 Å². The maximum Gasteiger partial charge on any atom is 0.0572 e. The molecule has 2 aliphatic rings. The first-order valence-corrected chi connectivity index (χ1v) is 7.06. The number of nitrogens with one attached hydrogen (secondary N) is 1. The number of hydrogen-bond acceptors (Lipinski definition) is 3. The van der Waals surface area contributed by atoms with Crippen LogP contribution in [0.4, 0.5) is 0 Å². The summed E-state index contributed by atoms with van der Waals surface area (Å²) in [5.74, 6) is 0.975. The smallest absolute Gasteiger partial charge is 0.0572 e. The van der Waals surface area contributed by atoms with E-state index in [2.05, 4.69) is 10.2 Å². The van der Waals surface area contributed by atoms with Crippen LogP contribution in [0.25, 0.3) is 0 Å². The summed E-state index contributed by atoms with van der Waals surface area (Å²) >= 11 is 0. The van der Waals surface area contributed by atoms with E-state index in [1.54, 1.807) is 0 Å². The summed E-state index contributed by atoms with van der Waals surface area (Å²) in [7, 11) is 0. The Morgan fingerprint density at radius 2 is 1.81 bits per heavy atom. The fraction of sp³-hybridized carbons (Fsp3) is 1.00. The zero-order chi connectivity index (χ0) is 11.2.